The maximum absolute atomic E-state index is 11.0. The number of nitrogens with zero attached hydrogens (tertiary/aromatic N) is 1. The molecule has 0 amide bonds. The minimum Gasteiger partial charge on any atom is -0.481 e. The Kier molecular flexibility index (Phi) is 3.52. The number of piperidine rings is 1. The van der Waals surface area contributed by atoms with Gasteiger partial charge in [-0.2, -0.15) is 0 Å². The van der Waals surface area contributed by atoms with E-state index in [0.717, 1.165) is 30.7 Å². The summed E-state index contributed by atoms with van der Waals surface area (Å²) in [5, 5.41) is 9.04. The quantitative estimate of drug-likeness (QED) is 0.863. The Morgan fingerprint density at radius 3 is 2.29 bits per heavy atom. The Morgan fingerprint density at radius 1 is 1.10 bits per heavy atom. The van der Waals surface area contributed by atoms with E-state index in [2.05, 4.69) is 4.90 Å². The summed E-state index contributed by atoms with van der Waals surface area (Å²) in [5.74, 6) is 2.85. The van der Waals surface area contributed by atoms with Gasteiger partial charge in [0.2, 0.25) is 0 Å². The van der Waals surface area contributed by atoms with E-state index in [-0.39, 0.29) is 0 Å². The van der Waals surface area contributed by atoms with E-state index in [9.17, 15) is 4.79 Å². The Bertz CT molecular complexity index is 384. The van der Waals surface area contributed by atoms with Gasteiger partial charge in [0.15, 0.2) is 0 Å². The zero-order chi connectivity index (χ0) is 14.4. The molecule has 5 fully saturated rings. The zero-order valence-electron chi connectivity index (χ0n) is 13.1. The maximum Gasteiger partial charge on any atom is 0.303 e. The molecule has 5 rings (SSSR count). The lowest BCUT2D eigenvalue weighted by Crippen LogP contribution is -2.52. The van der Waals surface area contributed by atoms with Crippen LogP contribution in [0.25, 0.3) is 0 Å². The zero-order valence-corrected chi connectivity index (χ0v) is 13.1. The van der Waals surface area contributed by atoms with Crippen molar-refractivity contribution in [1.82, 2.24) is 4.90 Å². The third kappa shape index (κ3) is 2.86. The summed E-state index contributed by atoms with van der Waals surface area (Å²) >= 11 is 0. The second-order valence-corrected chi connectivity index (χ2v) is 8.76. The standard InChI is InChI=1S/C18H29NO2/c20-17(21)7-13-2-1-3-19(11-13)12-18-8-14-4-15(9-18)6-16(5-14)10-18/h13-16H,1-12H2,(H,20,21). The van der Waals surface area contributed by atoms with Gasteiger partial charge in [0.1, 0.15) is 0 Å². The average molecular weight is 291 g/mol. The molecule has 118 valence electrons. The first kappa shape index (κ1) is 14.0. The molecule has 4 aliphatic carbocycles. The molecule has 1 unspecified atom stereocenters. The van der Waals surface area contributed by atoms with Crippen molar-refractivity contribution >= 4 is 5.97 Å². The molecule has 0 aromatic heterocycles. The fourth-order valence-electron chi connectivity index (χ4n) is 6.67. The van der Waals surface area contributed by atoms with Crippen molar-refractivity contribution in [2.45, 2.75) is 57.8 Å². The first-order chi connectivity index (χ1) is 10.1. The molecule has 3 heteroatoms. The van der Waals surface area contributed by atoms with E-state index in [4.69, 9.17) is 5.11 Å². The van der Waals surface area contributed by atoms with Gasteiger partial charge in [-0.25, -0.2) is 0 Å². The Morgan fingerprint density at radius 2 is 1.71 bits per heavy atom. The van der Waals surface area contributed by atoms with E-state index in [1.54, 1.807) is 0 Å². The summed E-state index contributed by atoms with van der Waals surface area (Å²) < 4.78 is 0. The largest absolute Gasteiger partial charge is 0.481 e. The third-order valence-electron chi connectivity index (χ3n) is 6.79. The van der Waals surface area contributed by atoms with Crippen LogP contribution >= 0.6 is 0 Å². The van der Waals surface area contributed by atoms with Gasteiger partial charge in [-0.15, -0.1) is 0 Å². The van der Waals surface area contributed by atoms with Crippen molar-refractivity contribution in [3.8, 4) is 0 Å². The van der Waals surface area contributed by atoms with Gasteiger partial charge in [0.25, 0.3) is 0 Å². The summed E-state index contributed by atoms with van der Waals surface area (Å²) in [7, 11) is 0. The van der Waals surface area contributed by atoms with Crippen LogP contribution in [0.1, 0.15) is 57.8 Å². The molecule has 0 aromatic carbocycles. The Labute approximate surface area is 128 Å². The van der Waals surface area contributed by atoms with Crippen molar-refractivity contribution in [2.75, 3.05) is 19.6 Å². The first-order valence-electron chi connectivity index (χ1n) is 9.04. The highest BCUT2D eigenvalue weighted by molar-refractivity contribution is 5.67. The summed E-state index contributed by atoms with van der Waals surface area (Å²) in [6, 6.07) is 0. The lowest BCUT2D eigenvalue weighted by atomic mass is 9.49. The number of hydrogen-bond acceptors (Lipinski definition) is 2. The van der Waals surface area contributed by atoms with Crippen molar-refractivity contribution in [1.29, 1.82) is 0 Å². The molecule has 3 nitrogen and oxygen atoms in total. The van der Waals surface area contributed by atoms with Crippen LogP contribution in [-0.2, 0) is 4.79 Å². The molecule has 4 bridgehead atoms. The van der Waals surface area contributed by atoms with Crippen molar-refractivity contribution in [3.05, 3.63) is 0 Å². The van der Waals surface area contributed by atoms with Gasteiger partial charge in [-0.05, 0) is 87.0 Å². The van der Waals surface area contributed by atoms with Crippen LogP contribution in [0.4, 0.5) is 0 Å². The number of rotatable bonds is 4. The highest BCUT2D eigenvalue weighted by atomic mass is 16.4. The van der Waals surface area contributed by atoms with Gasteiger partial charge >= 0.3 is 5.97 Å². The molecule has 0 aromatic rings. The molecule has 0 spiro atoms. The highest BCUT2D eigenvalue weighted by Crippen LogP contribution is 2.60. The lowest BCUT2D eigenvalue weighted by molar-refractivity contribution is -0.138. The van der Waals surface area contributed by atoms with Gasteiger partial charge in [-0.3, -0.25) is 4.79 Å². The molecule has 1 aliphatic heterocycles. The topological polar surface area (TPSA) is 40.5 Å². The summed E-state index contributed by atoms with van der Waals surface area (Å²) in [4.78, 5) is 13.6. The smallest absolute Gasteiger partial charge is 0.303 e. The molecule has 0 radical (unpaired) electrons. The van der Waals surface area contributed by atoms with Crippen molar-refractivity contribution < 1.29 is 9.90 Å². The van der Waals surface area contributed by atoms with E-state index < -0.39 is 5.97 Å². The average Bonchev–Trinajstić information content (AvgIpc) is 2.35. The van der Waals surface area contributed by atoms with E-state index >= 15 is 0 Å². The van der Waals surface area contributed by atoms with Crippen molar-refractivity contribution in [3.63, 3.8) is 0 Å². The lowest BCUT2D eigenvalue weighted by Gasteiger charge is -2.58. The van der Waals surface area contributed by atoms with Crippen LogP contribution < -0.4 is 0 Å². The number of carboxylic acids is 1. The fraction of sp³-hybridized carbons (Fsp3) is 0.944. The second kappa shape index (κ2) is 5.26. The molecule has 1 atom stereocenters. The highest BCUT2D eigenvalue weighted by Gasteiger charge is 2.51. The van der Waals surface area contributed by atoms with Crippen molar-refractivity contribution in [2.24, 2.45) is 29.1 Å². The number of hydrogen-bond donors (Lipinski definition) is 1. The Hall–Kier alpha value is -0.570. The molecule has 1 N–H and O–H groups in total. The molecule has 1 heterocycles. The summed E-state index contributed by atoms with van der Waals surface area (Å²) in [6.07, 6.45) is 11.6. The van der Waals surface area contributed by atoms with E-state index in [1.807, 2.05) is 0 Å². The molecular formula is C18H29NO2. The van der Waals surface area contributed by atoms with E-state index in [1.165, 1.54) is 58.0 Å². The van der Waals surface area contributed by atoms with Crippen LogP contribution in [0.15, 0.2) is 0 Å². The van der Waals surface area contributed by atoms with Crippen LogP contribution in [0, 0.1) is 29.1 Å². The van der Waals surface area contributed by atoms with Gasteiger partial charge in [-0.1, -0.05) is 0 Å². The van der Waals surface area contributed by atoms with Crippen LogP contribution in [0.2, 0.25) is 0 Å². The third-order valence-corrected chi connectivity index (χ3v) is 6.79. The number of carboxylic acid groups (broad SMARTS) is 1. The molecule has 5 aliphatic rings. The van der Waals surface area contributed by atoms with Crippen LogP contribution in [0.5, 0.6) is 0 Å². The summed E-state index contributed by atoms with van der Waals surface area (Å²) in [5.41, 5.74) is 0.611. The van der Waals surface area contributed by atoms with Crippen LogP contribution in [-0.4, -0.2) is 35.6 Å². The molecule has 21 heavy (non-hydrogen) atoms. The Balaban J connectivity index is 1.40. The fourth-order valence-corrected chi connectivity index (χ4v) is 6.67. The van der Waals surface area contributed by atoms with E-state index in [0.29, 0.717) is 17.8 Å². The molecule has 1 saturated heterocycles. The first-order valence-corrected chi connectivity index (χ1v) is 9.04. The molecule has 4 saturated carbocycles. The SMILES string of the molecule is O=C(O)CC1CCCN(CC23CC4CC(CC(C4)C2)C3)C1. The van der Waals surface area contributed by atoms with Gasteiger partial charge in [0, 0.05) is 19.5 Å². The van der Waals surface area contributed by atoms with Gasteiger partial charge in [0.05, 0.1) is 0 Å². The van der Waals surface area contributed by atoms with Gasteiger partial charge < -0.3 is 10.0 Å². The molecular weight excluding hydrogens is 262 g/mol. The normalized spacial score (nSPS) is 45.9. The number of likely N-dealkylation sites (tertiary alicyclic amines) is 1. The minimum absolute atomic E-state index is 0.372. The minimum atomic E-state index is -0.614. The predicted molar refractivity (Wildman–Crippen MR) is 82.0 cm³/mol. The summed E-state index contributed by atoms with van der Waals surface area (Å²) in [6.45, 7) is 3.51. The number of carbonyl (C=O) groups is 1. The monoisotopic (exact) mass is 291 g/mol. The second-order valence-electron chi connectivity index (χ2n) is 8.76. The maximum atomic E-state index is 11.0. The predicted octanol–water partition coefficient (Wildman–Crippen LogP) is 3.39. The van der Waals surface area contributed by atoms with Crippen LogP contribution in [0.3, 0.4) is 0 Å². The number of aliphatic carboxylic acids is 1.